The molecule has 1 aromatic heterocycles. The molecule has 0 radical (unpaired) electrons. The number of carbonyl (C=O) groups is 1. The molecule has 1 amide bonds. The van der Waals surface area contributed by atoms with Crippen molar-refractivity contribution in [2.75, 3.05) is 20.1 Å². The van der Waals surface area contributed by atoms with E-state index in [4.69, 9.17) is 0 Å². The summed E-state index contributed by atoms with van der Waals surface area (Å²) in [5, 5.41) is 3.68. The first-order valence-electron chi connectivity index (χ1n) is 6.67. The van der Waals surface area contributed by atoms with E-state index in [-0.39, 0.29) is 17.8 Å². The molecule has 104 valence electrons. The molecule has 0 spiro atoms. The van der Waals surface area contributed by atoms with Crippen LogP contribution in [-0.2, 0) is 0 Å². The maximum atomic E-state index is 13.1. The van der Waals surface area contributed by atoms with Gasteiger partial charge in [0.1, 0.15) is 11.5 Å². The molecule has 1 aromatic carbocycles. The zero-order valence-corrected chi connectivity index (χ0v) is 11.3. The first-order valence-corrected chi connectivity index (χ1v) is 6.67. The molecule has 2 aromatic rings. The number of benzene rings is 1. The Hall–Kier alpha value is -2.01. The van der Waals surface area contributed by atoms with Crippen LogP contribution in [-0.4, -0.2) is 42.0 Å². The molecule has 1 aliphatic rings. The molecule has 0 bridgehead atoms. The van der Waals surface area contributed by atoms with Crippen LogP contribution in [0.25, 0.3) is 10.9 Å². The summed E-state index contributed by atoms with van der Waals surface area (Å²) in [4.78, 5) is 18.6. The Bertz CT molecular complexity index is 659. The van der Waals surface area contributed by atoms with Crippen molar-refractivity contribution >= 4 is 16.8 Å². The smallest absolute Gasteiger partial charge is 0.270 e. The highest BCUT2D eigenvalue weighted by Crippen LogP contribution is 2.14. The summed E-state index contributed by atoms with van der Waals surface area (Å²) in [6, 6.07) is 7.89. The normalized spacial score (nSPS) is 19.4. The van der Waals surface area contributed by atoms with Crippen molar-refractivity contribution in [1.29, 1.82) is 0 Å². The molecule has 1 saturated heterocycles. The first-order chi connectivity index (χ1) is 9.61. The highest BCUT2D eigenvalue weighted by Gasteiger charge is 2.22. The fourth-order valence-corrected chi connectivity index (χ4v) is 2.54. The number of hydrogen-bond donors (Lipinski definition) is 1. The second kappa shape index (κ2) is 5.17. The molecule has 3 rings (SSSR count). The zero-order chi connectivity index (χ0) is 14.1. The number of nitrogens with one attached hydrogen (secondary N) is 1. The van der Waals surface area contributed by atoms with Gasteiger partial charge in [-0.05, 0) is 44.3 Å². The Kier molecular flexibility index (Phi) is 3.36. The van der Waals surface area contributed by atoms with Gasteiger partial charge in [0.15, 0.2) is 0 Å². The van der Waals surface area contributed by atoms with Crippen molar-refractivity contribution in [2.45, 2.75) is 12.5 Å². The van der Waals surface area contributed by atoms with Crippen LogP contribution in [0.3, 0.4) is 0 Å². The zero-order valence-electron chi connectivity index (χ0n) is 11.3. The number of fused-ring (bicyclic) bond motifs is 1. The van der Waals surface area contributed by atoms with Gasteiger partial charge in [-0.15, -0.1) is 0 Å². The summed E-state index contributed by atoms with van der Waals surface area (Å²) in [7, 11) is 2.04. The SMILES string of the molecule is CN1CCC(NC(=O)c2ccc3cc(F)ccc3n2)C1. The summed E-state index contributed by atoms with van der Waals surface area (Å²) in [6.45, 7) is 1.86. The van der Waals surface area contributed by atoms with Gasteiger partial charge in [-0.25, -0.2) is 9.37 Å². The molecule has 2 heterocycles. The molecule has 1 aliphatic heterocycles. The Morgan fingerprint density at radius 1 is 1.40 bits per heavy atom. The van der Waals surface area contributed by atoms with Crippen molar-refractivity contribution in [3.05, 3.63) is 41.8 Å². The lowest BCUT2D eigenvalue weighted by atomic mass is 10.2. The van der Waals surface area contributed by atoms with Gasteiger partial charge in [0.25, 0.3) is 5.91 Å². The van der Waals surface area contributed by atoms with Gasteiger partial charge in [0, 0.05) is 18.0 Å². The van der Waals surface area contributed by atoms with Crippen molar-refractivity contribution in [3.8, 4) is 0 Å². The highest BCUT2D eigenvalue weighted by atomic mass is 19.1. The minimum absolute atomic E-state index is 0.170. The topological polar surface area (TPSA) is 45.2 Å². The van der Waals surface area contributed by atoms with Crippen LogP contribution >= 0.6 is 0 Å². The van der Waals surface area contributed by atoms with E-state index in [0.29, 0.717) is 16.6 Å². The molecule has 20 heavy (non-hydrogen) atoms. The summed E-state index contributed by atoms with van der Waals surface area (Å²) in [5.74, 6) is -0.470. The van der Waals surface area contributed by atoms with Crippen LogP contribution < -0.4 is 5.32 Å². The van der Waals surface area contributed by atoms with E-state index < -0.39 is 0 Å². The molecule has 1 fully saturated rings. The summed E-state index contributed by atoms with van der Waals surface area (Å²) in [5.41, 5.74) is 1.00. The van der Waals surface area contributed by atoms with Crippen molar-refractivity contribution in [1.82, 2.24) is 15.2 Å². The second-order valence-corrected chi connectivity index (χ2v) is 5.25. The van der Waals surface area contributed by atoms with Crippen molar-refractivity contribution in [2.24, 2.45) is 0 Å². The van der Waals surface area contributed by atoms with Crippen LogP contribution in [0.4, 0.5) is 4.39 Å². The molecule has 5 heteroatoms. The number of likely N-dealkylation sites (N-methyl/N-ethyl adjacent to an activating group) is 1. The van der Waals surface area contributed by atoms with E-state index in [1.54, 1.807) is 18.2 Å². The summed E-state index contributed by atoms with van der Waals surface area (Å²) < 4.78 is 13.1. The lowest BCUT2D eigenvalue weighted by molar-refractivity contribution is 0.0934. The van der Waals surface area contributed by atoms with E-state index in [0.717, 1.165) is 19.5 Å². The Morgan fingerprint density at radius 2 is 2.25 bits per heavy atom. The van der Waals surface area contributed by atoms with Crippen molar-refractivity contribution < 1.29 is 9.18 Å². The van der Waals surface area contributed by atoms with Gasteiger partial charge < -0.3 is 10.2 Å². The van der Waals surface area contributed by atoms with E-state index in [1.165, 1.54) is 12.1 Å². The lowest BCUT2D eigenvalue weighted by Gasteiger charge is -2.12. The number of halogens is 1. The maximum Gasteiger partial charge on any atom is 0.270 e. The number of hydrogen-bond acceptors (Lipinski definition) is 3. The molecular weight excluding hydrogens is 257 g/mol. The largest absolute Gasteiger partial charge is 0.347 e. The fourth-order valence-electron chi connectivity index (χ4n) is 2.54. The minimum Gasteiger partial charge on any atom is -0.347 e. The number of rotatable bonds is 2. The lowest BCUT2D eigenvalue weighted by Crippen LogP contribution is -2.36. The predicted molar refractivity (Wildman–Crippen MR) is 75.1 cm³/mol. The number of likely N-dealkylation sites (tertiary alicyclic amines) is 1. The average Bonchev–Trinajstić information content (AvgIpc) is 2.83. The number of nitrogens with zero attached hydrogens (tertiary/aromatic N) is 2. The highest BCUT2D eigenvalue weighted by molar-refractivity contribution is 5.95. The molecular formula is C15H16FN3O. The fraction of sp³-hybridized carbons (Fsp3) is 0.333. The Balaban J connectivity index is 1.79. The van der Waals surface area contributed by atoms with Crippen LogP contribution in [0.15, 0.2) is 30.3 Å². The van der Waals surface area contributed by atoms with Gasteiger partial charge in [-0.1, -0.05) is 6.07 Å². The molecule has 4 nitrogen and oxygen atoms in total. The number of pyridine rings is 1. The third-order valence-corrected chi connectivity index (χ3v) is 3.61. The number of aromatic nitrogens is 1. The van der Waals surface area contributed by atoms with Gasteiger partial charge in [0.05, 0.1) is 5.52 Å². The van der Waals surface area contributed by atoms with E-state index >= 15 is 0 Å². The molecule has 1 atom stereocenters. The number of carbonyl (C=O) groups excluding carboxylic acids is 1. The monoisotopic (exact) mass is 273 g/mol. The predicted octanol–water partition coefficient (Wildman–Crippen LogP) is 1.81. The van der Waals surface area contributed by atoms with E-state index in [2.05, 4.69) is 15.2 Å². The van der Waals surface area contributed by atoms with Crippen LogP contribution in [0, 0.1) is 5.82 Å². The van der Waals surface area contributed by atoms with Gasteiger partial charge in [-0.3, -0.25) is 4.79 Å². The van der Waals surface area contributed by atoms with Gasteiger partial charge >= 0.3 is 0 Å². The molecule has 0 aliphatic carbocycles. The molecule has 0 saturated carbocycles. The van der Waals surface area contributed by atoms with Crippen LogP contribution in [0.1, 0.15) is 16.9 Å². The molecule has 1 unspecified atom stereocenters. The van der Waals surface area contributed by atoms with E-state index in [9.17, 15) is 9.18 Å². The number of amides is 1. The Labute approximate surface area is 116 Å². The summed E-state index contributed by atoms with van der Waals surface area (Å²) in [6.07, 6.45) is 0.959. The second-order valence-electron chi connectivity index (χ2n) is 5.25. The van der Waals surface area contributed by atoms with Gasteiger partial charge in [-0.2, -0.15) is 0 Å². The minimum atomic E-state index is -0.300. The van der Waals surface area contributed by atoms with Crippen molar-refractivity contribution in [3.63, 3.8) is 0 Å². The molecule has 1 N–H and O–H groups in total. The van der Waals surface area contributed by atoms with Crippen LogP contribution in [0.2, 0.25) is 0 Å². The Morgan fingerprint density at radius 3 is 3.00 bits per heavy atom. The summed E-state index contributed by atoms with van der Waals surface area (Å²) >= 11 is 0. The van der Waals surface area contributed by atoms with Crippen LogP contribution in [0.5, 0.6) is 0 Å². The van der Waals surface area contributed by atoms with Gasteiger partial charge in [0.2, 0.25) is 0 Å². The average molecular weight is 273 g/mol. The third kappa shape index (κ3) is 2.63. The quantitative estimate of drug-likeness (QED) is 0.907. The first kappa shape index (κ1) is 13.0. The van der Waals surface area contributed by atoms with E-state index in [1.807, 2.05) is 7.05 Å². The third-order valence-electron chi connectivity index (χ3n) is 3.61. The standard InChI is InChI=1S/C15H16FN3O/c1-19-7-6-12(9-19)17-15(20)14-4-2-10-8-11(16)3-5-13(10)18-14/h2-5,8,12H,6-7,9H2,1H3,(H,17,20). The maximum absolute atomic E-state index is 13.1.